The van der Waals surface area contributed by atoms with Crippen LogP contribution in [-0.2, 0) is 11.2 Å². The van der Waals surface area contributed by atoms with Gasteiger partial charge in [-0.2, -0.15) is 0 Å². The number of halogens is 1. The van der Waals surface area contributed by atoms with Crippen LogP contribution < -0.4 is 5.32 Å². The topological polar surface area (TPSA) is 78.1 Å². The minimum absolute atomic E-state index is 0.150. The van der Waals surface area contributed by atoms with Crippen molar-refractivity contribution < 1.29 is 9.59 Å². The average molecular weight is 415 g/mol. The van der Waals surface area contributed by atoms with Crippen LogP contribution in [-0.4, -0.2) is 46.8 Å². The minimum atomic E-state index is -0.642. The first-order chi connectivity index (χ1) is 12.4. The molecular formula is C19H19BrN4O2. The molecule has 1 aromatic carbocycles. The van der Waals surface area contributed by atoms with E-state index in [-0.39, 0.29) is 11.8 Å². The molecule has 2 N–H and O–H groups in total. The average Bonchev–Trinajstić information content (AvgIpc) is 3.04. The minimum Gasteiger partial charge on any atom is -0.349 e. The molecule has 0 bridgehead atoms. The summed E-state index contributed by atoms with van der Waals surface area (Å²) in [6, 6.07) is 12.6. The van der Waals surface area contributed by atoms with E-state index < -0.39 is 6.04 Å². The Labute approximate surface area is 159 Å². The third-order valence-electron chi connectivity index (χ3n) is 4.04. The van der Waals surface area contributed by atoms with Crippen molar-refractivity contribution in [2.75, 3.05) is 14.1 Å². The summed E-state index contributed by atoms with van der Waals surface area (Å²) in [7, 11) is 3.36. The van der Waals surface area contributed by atoms with Crippen LogP contribution in [0, 0.1) is 0 Å². The highest BCUT2D eigenvalue weighted by atomic mass is 79.9. The van der Waals surface area contributed by atoms with Crippen molar-refractivity contribution >= 4 is 38.6 Å². The number of fused-ring (bicyclic) bond motifs is 1. The largest absolute Gasteiger partial charge is 0.349 e. The maximum absolute atomic E-state index is 12.7. The summed E-state index contributed by atoms with van der Waals surface area (Å²) in [4.78, 5) is 33.9. The van der Waals surface area contributed by atoms with Crippen molar-refractivity contribution in [2.45, 2.75) is 12.5 Å². The van der Waals surface area contributed by atoms with Crippen LogP contribution in [0.15, 0.2) is 53.3 Å². The number of hydrogen-bond donors (Lipinski definition) is 2. The zero-order valence-corrected chi connectivity index (χ0v) is 16.1. The van der Waals surface area contributed by atoms with Crippen LogP contribution in [0.25, 0.3) is 10.9 Å². The summed E-state index contributed by atoms with van der Waals surface area (Å²) in [5.41, 5.74) is 2.14. The van der Waals surface area contributed by atoms with Gasteiger partial charge in [0, 0.05) is 25.9 Å². The van der Waals surface area contributed by atoms with Gasteiger partial charge in [-0.1, -0.05) is 30.3 Å². The Morgan fingerprint density at radius 3 is 2.65 bits per heavy atom. The molecule has 6 nitrogen and oxygen atoms in total. The normalized spacial score (nSPS) is 12.0. The van der Waals surface area contributed by atoms with Gasteiger partial charge in [-0.25, -0.2) is 4.98 Å². The Kier molecular flexibility index (Phi) is 5.37. The van der Waals surface area contributed by atoms with Crippen molar-refractivity contribution in [3.63, 3.8) is 0 Å². The van der Waals surface area contributed by atoms with E-state index in [1.54, 1.807) is 26.4 Å². The second kappa shape index (κ2) is 7.70. The summed E-state index contributed by atoms with van der Waals surface area (Å²) in [5, 5.41) is 3.72. The van der Waals surface area contributed by atoms with Crippen LogP contribution in [0.3, 0.4) is 0 Å². The molecule has 2 amide bonds. The molecule has 0 saturated heterocycles. The van der Waals surface area contributed by atoms with Gasteiger partial charge in [0.2, 0.25) is 5.91 Å². The molecule has 0 aliphatic carbocycles. The zero-order valence-electron chi connectivity index (χ0n) is 14.5. The quantitative estimate of drug-likeness (QED) is 0.630. The molecule has 2 heterocycles. The molecule has 7 heteroatoms. The molecule has 0 spiro atoms. The molecule has 1 unspecified atom stereocenters. The molecule has 0 radical (unpaired) electrons. The van der Waals surface area contributed by atoms with Crippen LogP contribution in [0.4, 0.5) is 0 Å². The maximum Gasteiger partial charge on any atom is 0.268 e. The Morgan fingerprint density at radius 2 is 1.96 bits per heavy atom. The predicted molar refractivity (Wildman–Crippen MR) is 104 cm³/mol. The lowest BCUT2D eigenvalue weighted by atomic mass is 10.0. The molecule has 2 aromatic heterocycles. The highest BCUT2D eigenvalue weighted by Gasteiger charge is 2.24. The van der Waals surface area contributed by atoms with Gasteiger partial charge in [0.15, 0.2) is 0 Å². The lowest BCUT2D eigenvalue weighted by molar-refractivity contribution is -0.130. The van der Waals surface area contributed by atoms with Crippen molar-refractivity contribution in [1.82, 2.24) is 20.2 Å². The smallest absolute Gasteiger partial charge is 0.268 e. The number of nitrogens with one attached hydrogen (secondary N) is 2. The second-order valence-corrected chi connectivity index (χ2v) is 7.04. The number of carbonyl (C=O) groups is 2. The molecular weight excluding hydrogens is 396 g/mol. The third-order valence-corrected chi connectivity index (χ3v) is 4.48. The zero-order chi connectivity index (χ0) is 18.7. The number of hydrogen-bond acceptors (Lipinski definition) is 3. The number of H-pyrrole nitrogens is 1. The van der Waals surface area contributed by atoms with Crippen LogP contribution in [0.2, 0.25) is 0 Å². The first-order valence-electron chi connectivity index (χ1n) is 8.14. The Morgan fingerprint density at radius 1 is 1.23 bits per heavy atom. The monoisotopic (exact) mass is 414 g/mol. The van der Waals surface area contributed by atoms with E-state index in [1.807, 2.05) is 36.4 Å². The highest BCUT2D eigenvalue weighted by Crippen LogP contribution is 2.18. The van der Waals surface area contributed by atoms with E-state index >= 15 is 0 Å². The molecule has 0 aliphatic heterocycles. The van der Waals surface area contributed by atoms with E-state index in [9.17, 15) is 9.59 Å². The fraction of sp³-hybridized carbons (Fsp3) is 0.211. The highest BCUT2D eigenvalue weighted by molar-refractivity contribution is 9.10. The molecule has 0 aliphatic rings. The number of likely N-dealkylation sites (N-methyl/N-ethyl adjacent to an activating group) is 1. The predicted octanol–water partition coefficient (Wildman–Crippen LogP) is 2.75. The molecule has 134 valence electrons. The molecule has 0 saturated carbocycles. The Balaban J connectivity index is 1.82. The van der Waals surface area contributed by atoms with Crippen LogP contribution in [0.1, 0.15) is 16.1 Å². The van der Waals surface area contributed by atoms with Gasteiger partial charge in [-0.3, -0.25) is 9.59 Å². The van der Waals surface area contributed by atoms with E-state index in [0.717, 1.165) is 16.5 Å². The number of aromatic nitrogens is 2. The number of benzene rings is 1. The standard InChI is InChI=1S/C19H19BrN4O2/c1-24(2)19(26)15(8-12-6-4-3-5-7-12)23-18(25)14-9-13-10-17(20)21-11-16(13)22-14/h3-7,9-11,15,22H,8H2,1-2H3,(H,23,25). The molecule has 3 aromatic rings. The molecule has 1 atom stereocenters. The van der Waals surface area contributed by atoms with Crippen molar-refractivity contribution in [1.29, 1.82) is 0 Å². The van der Waals surface area contributed by atoms with Gasteiger partial charge < -0.3 is 15.2 Å². The van der Waals surface area contributed by atoms with E-state index in [2.05, 4.69) is 31.2 Å². The van der Waals surface area contributed by atoms with Gasteiger partial charge in [0.1, 0.15) is 16.3 Å². The molecule has 3 rings (SSSR count). The summed E-state index contributed by atoms with van der Waals surface area (Å²) < 4.78 is 0.695. The fourth-order valence-corrected chi connectivity index (χ4v) is 3.07. The summed E-state index contributed by atoms with van der Waals surface area (Å²) in [6.07, 6.45) is 2.08. The third kappa shape index (κ3) is 4.11. The van der Waals surface area contributed by atoms with E-state index in [4.69, 9.17) is 0 Å². The fourth-order valence-electron chi connectivity index (χ4n) is 2.72. The number of carbonyl (C=O) groups excluding carboxylic acids is 2. The Bertz CT molecular complexity index is 937. The number of nitrogens with zero attached hydrogens (tertiary/aromatic N) is 2. The van der Waals surface area contributed by atoms with Crippen LogP contribution in [0.5, 0.6) is 0 Å². The SMILES string of the molecule is CN(C)C(=O)C(Cc1ccccc1)NC(=O)c1cc2cc(Br)ncc2[nH]1. The van der Waals surface area contributed by atoms with Gasteiger partial charge in [-0.05, 0) is 33.6 Å². The second-order valence-electron chi connectivity index (χ2n) is 6.23. The lowest BCUT2D eigenvalue weighted by Gasteiger charge is -2.21. The number of rotatable bonds is 5. The van der Waals surface area contributed by atoms with E-state index in [0.29, 0.717) is 16.7 Å². The first kappa shape index (κ1) is 18.1. The molecule has 26 heavy (non-hydrogen) atoms. The maximum atomic E-state index is 12.7. The van der Waals surface area contributed by atoms with Crippen LogP contribution >= 0.6 is 15.9 Å². The van der Waals surface area contributed by atoms with Gasteiger partial charge in [0.05, 0.1) is 11.7 Å². The first-order valence-corrected chi connectivity index (χ1v) is 8.93. The summed E-state index contributed by atoms with van der Waals surface area (Å²) in [6.45, 7) is 0. The lowest BCUT2D eigenvalue weighted by Crippen LogP contribution is -2.47. The van der Waals surface area contributed by atoms with Gasteiger partial charge >= 0.3 is 0 Å². The number of aromatic amines is 1. The van der Waals surface area contributed by atoms with Crippen molar-refractivity contribution in [3.05, 3.63) is 64.5 Å². The number of amides is 2. The summed E-state index contributed by atoms with van der Waals surface area (Å²) >= 11 is 3.32. The van der Waals surface area contributed by atoms with Gasteiger partial charge in [-0.15, -0.1) is 0 Å². The Hall–Kier alpha value is -2.67. The summed E-state index contributed by atoms with van der Waals surface area (Å²) in [5.74, 6) is -0.476. The molecule has 0 fully saturated rings. The van der Waals surface area contributed by atoms with E-state index in [1.165, 1.54) is 4.90 Å². The van der Waals surface area contributed by atoms with Crippen molar-refractivity contribution in [2.24, 2.45) is 0 Å². The van der Waals surface area contributed by atoms with Gasteiger partial charge in [0.25, 0.3) is 5.91 Å². The number of pyridine rings is 1. The van der Waals surface area contributed by atoms with Crippen molar-refractivity contribution in [3.8, 4) is 0 Å².